The number of benzene rings is 3. The van der Waals surface area contributed by atoms with E-state index in [0.717, 1.165) is 23.9 Å². The van der Waals surface area contributed by atoms with Crippen LogP contribution in [0, 0.1) is 0 Å². The Balaban J connectivity index is 1.67. The first-order valence-corrected chi connectivity index (χ1v) is 11.4. The van der Waals surface area contributed by atoms with Gasteiger partial charge in [-0.15, -0.1) is 0 Å². The van der Waals surface area contributed by atoms with Gasteiger partial charge in [-0.05, 0) is 54.1 Å². The summed E-state index contributed by atoms with van der Waals surface area (Å²) in [4.78, 5) is 27.0. The average Bonchev–Trinajstić information content (AvgIpc) is 2.82. The summed E-state index contributed by atoms with van der Waals surface area (Å²) in [5.74, 6) is -0.619. The first-order valence-electron chi connectivity index (χ1n) is 11.4. The number of rotatable bonds is 5. The van der Waals surface area contributed by atoms with Crippen LogP contribution in [-0.2, 0) is 15.8 Å². The molecule has 8 heteroatoms. The van der Waals surface area contributed by atoms with E-state index < -0.39 is 17.6 Å². The number of phenols is 1. The van der Waals surface area contributed by atoms with Crippen LogP contribution in [-0.4, -0.2) is 23.5 Å². The Kier molecular flexibility index (Phi) is 6.82. The third-order valence-electron chi connectivity index (χ3n) is 6.04. The predicted molar refractivity (Wildman–Crippen MR) is 130 cm³/mol. The van der Waals surface area contributed by atoms with Crippen LogP contribution >= 0.6 is 0 Å². The molecule has 0 atom stereocenters. The van der Waals surface area contributed by atoms with Crippen LogP contribution in [0.3, 0.4) is 0 Å². The lowest BCUT2D eigenvalue weighted by Crippen LogP contribution is -2.35. The normalized spacial score (nSPS) is 14.7. The molecular weight excluding hydrogens is 457 g/mol. The molecule has 0 radical (unpaired) electrons. The van der Waals surface area contributed by atoms with E-state index in [1.807, 2.05) is 13.0 Å². The molecule has 35 heavy (non-hydrogen) atoms. The summed E-state index contributed by atoms with van der Waals surface area (Å²) in [5.41, 5.74) is 0.806. The minimum Gasteiger partial charge on any atom is -0.508 e. The van der Waals surface area contributed by atoms with Crippen molar-refractivity contribution >= 4 is 39.5 Å². The van der Waals surface area contributed by atoms with Crippen molar-refractivity contribution in [2.45, 2.75) is 38.8 Å². The minimum absolute atomic E-state index is 0.0621. The molecule has 1 heterocycles. The number of unbranched alkanes of at least 4 members (excludes halogenated alkanes) is 1. The maximum absolute atomic E-state index is 13.4. The summed E-state index contributed by atoms with van der Waals surface area (Å²) in [6.45, 7) is 2.13. The summed E-state index contributed by atoms with van der Waals surface area (Å²) in [6, 6.07) is 13.4. The predicted octanol–water partition coefficient (Wildman–Crippen LogP) is 6.51. The highest BCUT2D eigenvalue weighted by Crippen LogP contribution is 2.40. The number of nitrogens with one attached hydrogen (secondary N) is 1. The van der Waals surface area contributed by atoms with E-state index >= 15 is 0 Å². The number of halogens is 3. The monoisotopic (exact) mass is 482 g/mol. The number of alkyl halides is 3. The number of fused-ring (bicyclic) bond motifs is 2. The molecule has 5 nitrogen and oxygen atoms in total. The van der Waals surface area contributed by atoms with Gasteiger partial charge in [0.05, 0.1) is 11.3 Å². The Bertz CT molecular complexity index is 1310. The minimum atomic E-state index is -4.55. The third kappa shape index (κ3) is 5.31. The molecule has 0 saturated carbocycles. The Labute approximate surface area is 200 Å². The number of hydrogen-bond donors (Lipinski definition) is 2. The van der Waals surface area contributed by atoms with Crippen LogP contribution in [0.1, 0.15) is 43.7 Å². The van der Waals surface area contributed by atoms with Gasteiger partial charge in [-0.2, -0.15) is 13.2 Å². The number of carbonyl (C=O) groups excluding carboxylic acids is 2. The molecule has 0 aliphatic carbocycles. The largest absolute Gasteiger partial charge is 0.508 e. The van der Waals surface area contributed by atoms with E-state index in [9.17, 15) is 27.9 Å². The number of amides is 2. The van der Waals surface area contributed by atoms with E-state index in [1.54, 1.807) is 30.3 Å². The molecule has 3 aromatic rings. The third-order valence-corrected chi connectivity index (χ3v) is 6.04. The fourth-order valence-electron chi connectivity index (χ4n) is 4.26. The summed E-state index contributed by atoms with van der Waals surface area (Å²) in [5, 5.41) is 14.1. The van der Waals surface area contributed by atoms with E-state index in [2.05, 4.69) is 5.32 Å². The second-order valence-corrected chi connectivity index (χ2v) is 8.50. The summed E-state index contributed by atoms with van der Waals surface area (Å²) in [7, 11) is 0. The lowest BCUT2D eigenvalue weighted by Gasteiger charge is -2.32. The topological polar surface area (TPSA) is 69.6 Å². The maximum atomic E-state index is 13.4. The molecule has 0 unspecified atom stereocenters. The lowest BCUT2D eigenvalue weighted by atomic mass is 9.93. The highest BCUT2D eigenvalue weighted by Gasteiger charge is 2.34. The molecule has 0 fully saturated rings. The molecule has 0 saturated heterocycles. The number of aromatic hydroxyl groups is 1. The standard InChI is InChI=1S/C27H25F3N2O3/c1-2-3-7-26(35)32-13-12-18(21-11-9-19(15-24(21)32)27(28,29)30)14-25(34)31-23-6-4-5-17-8-10-20(33)16-22(17)23/h4-6,8-11,14-16,33H,2-3,7,12-13H2,1H3,(H,31,34). The van der Waals surface area contributed by atoms with Crippen LogP contribution in [0.2, 0.25) is 0 Å². The van der Waals surface area contributed by atoms with Crippen molar-refractivity contribution in [1.82, 2.24) is 0 Å². The van der Waals surface area contributed by atoms with Crippen molar-refractivity contribution in [2.24, 2.45) is 0 Å². The van der Waals surface area contributed by atoms with Crippen LogP contribution in [0.25, 0.3) is 16.3 Å². The highest BCUT2D eigenvalue weighted by atomic mass is 19.4. The van der Waals surface area contributed by atoms with Crippen LogP contribution in [0.5, 0.6) is 5.75 Å². The summed E-state index contributed by atoms with van der Waals surface area (Å²) >= 11 is 0. The van der Waals surface area contributed by atoms with Gasteiger partial charge < -0.3 is 15.3 Å². The van der Waals surface area contributed by atoms with Crippen molar-refractivity contribution in [3.8, 4) is 5.75 Å². The fourth-order valence-corrected chi connectivity index (χ4v) is 4.26. The zero-order valence-electron chi connectivity index (χ0n) is 19.2. The van der Waals surface area contributed by atoms with Gasteiger partial charge >= 0.3 is 6.18 Å². The van der Waals surface area contributed by atoms with Crippen molar-refractivity contribution in [2.75, 3.05) is 16.8 Å². The van der Waals surface area contributed by atoms with Gasteiger partial charge in [0.25, 0.3) is 0 Å². The van der Waals surface area contributed by atoms with E-state index in [-0.39, 0.29) is 30.3 Å². The van der Waals surface area contributed by atoms with Crippen molar-refractivity contribution in [1.29, 1.82) is 0 Å². The molecule has 4 rings (SSSR count). The SMILES string of the molecule is CCCCC(=O)N1CCC(=CC(=O)Nc2cccc3ccc(O)cc23)c2ccc(C(F)(F)F)cc21. The summed E-state index contributed by atoms with van der Waals surface area (Å²) in [6.07, 6.45) is -1.16. The van der Waals surface area contributed by atoms with Crippen LogP contribution < -0.4 is 10.2 Å². The van der Waals surface area contributed by atoms with E-state index in [1.165, 1.54) is 17.0 Å². The Morgan fingerprint density at radius 3 is 2.66 bits per heavy atom. The van der Waals surface area contributed by atoms with Gasteiger partial charge in [-0.3, -0.25) is 9.59 Å². The van der Waals surface area contributed by atoms with Crippen molar-refractivity contribution in [3.05, 3.63) is 71.8 Å². The second kappa shape index (κ2) is 9.82. The van der Waals surface area contributed by atoms with E-state index in [0.29, 0.717) is 35.1 Å². The first kappa shape index (κ1) is 24.3. The second-order valence-electron chi connectivity index (χ2n) is 8.50. The van der Waals surface area contributed by atoms with Crippen molar-refractivity contribution in [3.63, 3.8) is 0 Å². The van der Waals surface area contributed by atoms with Gasteiger partial charge in [0, 0.05) is 35.7 Å². The van der Waals surface area contributed by atoms with Gasteiger partial charge in [0.15, 0.2) is 0 Å². The molecule has 0 bridgehead atoms. The smallest absolute Gasteiger partial charge is 0.416 e. The van der Waals surface area contributed by atoms with Gasteiger partial charge in [0.2, 0.25) is 11.8 Å². The molecule has 1 aliphatic heterocycles. The fraction of sp³-hybridized carbons (Fsp3) is 0.259. The number of phenolic OH excluding ortho intramolecular Hbond substituents is 1. The average molecular weight is 483 g/mol. The lowest BCUT2D eigenvalue weighted by molar-refractivity contribution is -0.137. The van der Waals surface area contributed by atoms with Crippen LogP contribution in [0.15, 0.2) is 60.7 Å². The molecule has 1 aliphatic rings. The Hall–Kier alpha value is -3.81. The molecule has 0 spiro atoms. The summed E-state index contributed by atoms with van der Waals surface area (Å²) < 4.78 is 40.2. The van der Waals surface area contributed by atoms with Crippen molar-refractivity contribution < 1.29 is 27.9 Å². The zero-order valence-corrected chi connectivity index (χ0v) is 19.2. The Morgan fingerprint density at radius 2 is 1.91 bits per heavy atom. The van der Waals surface area contributed by atoms with Gasteiger partial charge in [-0.1, -0.05) is 37.6 Å². The molecule has 0 aromatic heterocycles. The van der Waals surface area contributed by atoms with Gasteiger partial charge in [0.1, 0.15) is 5.75 Å². The highest BCUT2D eigenvalue weighted by molar-refractivity contribution is 6.10. The number of carbonyl (C=O) groups is 2. The van der Waals surface area contributed by atoms with E-state index in [4.69, 9.17) is 0 Å². The molecule has 2 amide bonds. The van der Waals surface area contributed by atoms with Crippen LogP contribution in [0.4, 0.5) is 24.5 Å². The zero-order chi connectivity index (χ0) is 25.2. The molecule has 3 aromatic carbocycles. The maximum Gasteiger partial charge on any atom is 0.416 e. The molecular formula is C27H25F3N2O3. The molecule has 2 N–H and O–H groups in total. The first-order chi connectivity index (χ1) is 16.7. The number of anilines is 2. The quantitative estimate of drug-likeness (QED) is 0.407. The number of nitrogens with zero attached hydrogens (tertiary/aromatic N) is 1. The van der Waals surface area contributed by atoms with Gasteiger partial charge in [-0.25, -0.2) is 0 Å². The number of hydrogen-bond acceptors (Lipinski definition) is 3. The Morgan fingerprint density at radius 1 is 1.11 bits per heavy atom. The molecule has 182 valence electrons.